The van der Waals surface area contributed by atoms with E-state index >= 15 is 0 Å². The summed E-state index contributed by atoms with van der Waals surface area (Å²) < 4.78 is 2.29. The molecule has 0 fully saturated rings. The molecule has 0 bridgehead atoms. The Balaban J connectivity index is 2.05. The van der Waals surface area contributed by atoms with Crippen LogP contribution in [0.25, 0.3) is 10.9 Å². The second kappa shape index (κ2) is 6.03. The van der Waals surface area contributed by atoms with Gasteiger partial charge in [0.15, 0.2) is 0 Å². The summed E-state index contributed by atoms with van der Waals surface area (Å²) in [5, 5.41) is 11.3. The summed E-state index contributed by atoms with van der Waals surface area (Å²) in [6, 6.07) is 8.60. The van der Waals surface area contributed by atoms with Crippen LogP contribution >= 0.6 is 0 Å². The van der Waals surface area contributed by atoms with Crippen LogP contribution in [-0.4, -0.2) is 59.4 Å². The Morgan fingerprint density at radius 1 is 1.32 bits per heavy atom. The molecule has 1 aromatic heterocycles. The number of aromatic nitrogens is 1. The van der Waals surface area contributed by atoms with Crippen LogP contribution < -0.4 is 0 Å². The first kappa shape index (κ1) is 15.5. The molecular formula is C18H27N3O. The zero-order valence-corrected chi connectivity index (χ0v) is 14.1. The lowest BCUT2D eigenvalue weighted by Gasteiger charge is -2.34. The van der Waals surface area contributed by atoms with Gasteiger partial charge in [-0.05, 0) is 39.1 Å². The van der Waals surface area contributed by atoms with Crippen molar-refractivity contribution in [3.05, 3.63) is 35.5 Å². The molecule has 2 heterocycles. The zero-order chi connectivity index (χ0) is 15.9. The predicted octanol–water partition coefficient (Wildman–Crippen LogP) is 2.02. The summed E-state index contributed by atoms with van der Waals surface area (Å²) in [5.74, 6) is 0.178. The van der Waals surface area contributed by atoms with E-state index in [0.29, 0.717) is 6.17 Å². The third kappa shape index (κ3) is 2.45. The van der Waals surface area contributed by atoms with Gasteiger partial charge in [0.25, 0.3) is 0 Å². The van der Waals surface area contributed by atoms with Gasteiger partial charge in [-0.15, -0.1) is 0 Å². The zero-order valence-electron chi connectivity index (χ0n) is 14.1. The number of hydrogen-bond donors (Lipinski definition) is 1. The monoisotopic (exact) mass is 301 g/mol. The molecule has 1 aromatic carbocycles. The van der Waals surface area contributed by atoms with E-state index in [1.165, 1.54) is 22.2 Å². The summed E-state index contributed by atoms with van der Waals surface area (Å²) in [4.78, 5) is 4.72. The van der Waals surface area contributed by atoms with Crippen LogP contribution in [0.1, 0.15) is 24.1 Å². The number of nitrogens with zero attached hydrogens (tertiary/aromatic N) is 3. The van der Waals surface area contributed by atoms with E-state index < -0.39 is 0 Å². The molecule has 0 saturated heterocycles. The lowest BCUT2D eigenvalue weighted by Crippen LogP contribution is -2.45. The van der Waals surface area contributed by atoms with Crippen molar-refractivity contribution >= 4 is 10.9 Å². The van der Waals surface area contributed by atoms with E-state index in [-0.39, 0.29) is 12.5 Å². The third-order valence-electron chi connectivity index (χ3n) is 5.25. The van der Waals surface area contributed by atoms with Crippen molar-refractivity contribution in [3.8, 4) is 0 Å². The summed E-state index contributed by atoms with van der Waals surface area (Å²) in [5.41, 5.74) is 4.02. The average Bonchev–Trinajstić information content (AvgIpc) is 2.70. The topological polar surface area (TPSA) is 31.6 Å². The maximum atomic E-state index is 10.00. The molecule has 120 valence electrons. The van der Waals surface area contributed by atoms with Crippen LogP contribution in [0.5, 0.6) is 0 Å². The van der Waals surface area contributed by atoms with Gasteiger partial charge in [0.05, 0.1) is 12.8 Å². The van der Waals surface area contributed by atoms with E-state index in [2.05, 4.69) is 66.7 Å². The highest BCUT2D eigenvalue weighted by molar-refractivity contribution is 5.86. The largest absolute Gasteiger partial charge is 0.396 e. The molecule has 22 heavy (non-hydrogen) atoms. The fourth-order valence-corrected chi connectivity index (χ4v) is 3.80. The molecule has 4 nitrogen and oxygen atoms in total. The summed E-state index contributed by atoms with van der Waals surface area (Å²) in [7, 11) is 6.37. The van der Waals surface area contributed by atoms with E-state index in [1.54, 1.807) is 0 Å². The van der Waals surface area contributed by atoms with Crippen LogP contribution in [0, 0.1) is 0 Å². The number of para-hydroxylation sites is 1. The molecule has 0 spiro atoms. The average molecular weight is 301 g/mol. The van der Waals surface area contributed by atoms with Crippen molar-refractivity contribution in [3.63, 3.8) is 0 Å². The maximum Gasteiger partial charge on any atom is 0.0588 e. The van der Waals surface area contributed by atoms with E-state index in [1.807, 2.05) is 0 Å². The molecule has 2 atom stereocenters. The smallest absolute Gasteiger partial charge is 0.0588 e. The molecular weight excluding hydrogens is 274 g/mol. The Bertz CT molecular complexity index is 662. The molecule has 2 unspecified atom stereocenters. The molecule has 1 N–H and O–H groups in total. The van der Waals surface area contributed by atoms with Crippen LogP contribution in [0.2, 0.25) is 0 Å². The molecule has 1 aliphatic heterocycles. The van der Waals surface area contributed by atoms with E-state index in [9.17, 15) is 5.11 Å². The minimum Gasteiger partial charge on any atom is -0.396 e. The van der Waals surface area contributed by atoms with Crippen molar-refractivity contribution in [2.75, 3.05) is 33.8 Å². The molecule has 4 heteroatoms. The van der Waals surface area contributed by atoms with Crippen LogP contribution in [0.4, 0.5) is 0 Å². The van der Waals surface area contributed by atoms with E-state index in [0.717, 1.165) is 19.5 Å². The van der Waals surface area contributed by atoms with Gasteiger partial charge < -0.3 is 9.67 Å². The predicted molar refractivity (Wildman–Crippen MR) is 91.2 cm³/mol. The van der Waals surface area contributed by atoms with Gasteiger partial charge in [-0.25, -0.2) is 0 Å². The Kier molecular flexibility index (Phi) is 4.26. The number of benzene rings is 1. The second-order valence-electron chi connectivity index (χ2n) is 6.66. The molecule has 0 saturated carbocycles. The Labute approximate surface area is 132 Å². The van der Waals surface area contributed by atoms with Gasteiger partial charge in [-0.3, -0.25) is 9.80 Å². The number of hydrogen-bond acceptors (Lipinski definition) is 3. The van der Waals surface area contributed by atoms with Crippen molar-refractivity contribution in [1.82, 2.24) is 14.4 Å². The number of aryl methyl sites for hydroxylation is 1. The van der Waals surface area contributed by atoms with Crippen LogP contribution in [0.15, 0.2) is 24.3 Å². The number of aliphatic hydroxyl groups excluding tert-OH is 1. The van der Waals surface area contributed by atoms with Gasteiger partial charge >= 0.3 is 0 Å². The van der Waals surface area contributed by atoms with Crippen LogP contribution in [0.3, 0.4) is 0 Å². The lowest BCUT2D eigenvalue weighted by molar-refractivity contribution is 0.0823. The highest BCUT2D eigenvalue weighted by Gasteiger charge is 2.29. The minimum absolute atomic E-state index is 0.178. The third-order valence-corrected chi connectivity index (χ3v) is 5.25. The normalized spacial score (nSPS) is 21.1. The van der Waals surface area contributed by atoms with Gasteiger partial charge in [0.1, 0.15) is 0 Å². The molecule has 0 aliphatic carbocycles. The first-order valence-electron chi connectivity index (χ1n) is 8.12. The molecule has 0 amide bonds. The van der Waals surface area contributed by atoms with Crippen molar-refractivity contribution in [2.24, 2.45) is 7.05 Å². The Hall–Kier alpha value is -1.36. The molecule has 2 aromatic rings. The van der Waals surface area contributed by atoms with E-state index in [4.69, 9.17) is 0 Å². The maximum absolute atomic E-state index is 10.00. The standard InChI is InChI=1S/C18H27N3O/c1-13(19(2)3)21-10-9-16-15-7-5-6-8-17(15)20(4)18(16)14(11-21)12-22/h5-8,13-14,22H,9-12H2,1-4H3. The Morgan fingerprint density at radius 2 is 2.05 bits per heavy atom. The first-order chi connectivity index (χ1) is 10.5. The Morgan fingerprint density at radius 3 is 2.73 bits per heavy atom. The fraction of sp³-hybridized carbons (Fsp3) is 0.556. The molecule has 0 radical (unpaired) electrons. The second-order valence-corrected chi connectivity index (χ2v) is 6.66. The summed E-state index contributed by atoms with van der Waals surface area (Å²) in [6.07, 6.45) is 1.43. The fourth-order valence-electron chi connectivity index (χ4n) is 3.80. The summed E-state index contributed by atoms with van der Waals surface area (Å²) >= 11 is 0. The highest BCUT2D eigenvalue weighted by atomic mass is 16.3. The SMILES string of the molecule is CC(N(C)C)N1CCc2c(n(C)c3ccccc23)C(CO)C1. The van der Waals surface area contributed by atoms with Gasteiger partial charge in [0, 0.05) is 42.7 Å². The quantitative estimate of drug-likeness (QED) is 0.941. The van der Waals surface area contributed by atoms with Crippen LogP contribution in [-0.2, 0) is 13.5 Å². The lowest BCUT2D eigenvalue weighted by atomic mass is 10.0. The summed E-state index contributed by atoms with van der Waals surface area (Å²) in [6.45, 7) is 4.39. The van der Waals surface area contributed by atoms with Gasteiger partial charge in [-0.2, -0.15) is 0 Å². The first-order valence-corrected chi connectivity index (χ1v) is 8.12. The highest BCUT2D eigenvalue weighted by Crippen LogP contribution is 2.34. The number of aliphatic hydroxyl groups is 1. The molecule has 1 aliphatic rings. The number of fused-ring (bicyclic) bond motifs is 3. The number of rotatable bonds is 3. The molecule has 3 rings (SSSR count). The van der Waals surface area contributed by atoms with Crippen molar-refractivity contribution < 1.29 is 5.11 Å². The van der Waals surface area contributed by atoms with Crippen molar-refractivity contribution in [1.29, 1.82) is 0 Å². The van der Waals surface area contributed by atoms with Crippen molar-refractivity contribution in [2.45, 2.75) is 25.4 Å². The van der Waals surface area contributed by atoms with Gasteiger partial charge in [0.2, 0.25) is 0 Å². The minimum atomic E-state index is 0.178. The van der Waals surface area contributed by atoms with Gasteiger partial charge in [-0.1, -0.05) is 18.2 Å².